The summed E-state index contributed by atoms with van der Waals surface area (Å²) in [6.07, 6.45) is 1.43. The molecule has 2 rings (SSSR count). The highest BCUT2D eigenvalue weighted by Crippen LogP contribution is 2.16. The predicted molar refractivity (Wildman–Crippen MR) is 96.4 cm³/mol. The van der Waals surface area contributed by atoms with Crippen molar-refractivity contribution in [3.63, 3.8) is 0 Å². The van der Waals surface area contributed by atoms with Crippen LogP contribution in [0, 0.1) is 10.1 Å². The van der Waals surface area contributed by atoms with E-state index in [2.05, 4.69) is 10.5 Å². The molecule has 8 heteroatoms. The van der Waals surface area contributed by atoms with Crippen molar-refractivity contribution in [1.29, 1.82) is 0 Å². The molecule has 2 aromatic carbocycles. The molecule has 0 fully saturated rings. The number of nitrogens with zero attached hydrogens (tertiary/aromatic N) is 2. The Morgan fingerprint density at radius 3 is 2.71 bits per heavy atom. The third-order valence-electron chi connectivity index (χ3n) is 2.90. The second-order valence-electron chi connectivity index (χ2n) is 4.76. The second kappa shape index (κ2) is 9.05. The quantitative estimate of drug-likeness (QED) is 0.462. The van der Waals surface area contributed by atoms with Gasteiger partial charge in [-0.15, -0.1) is 11.8 Å². The molecule has 124 valence electrons. The molecule has 0 radical (unpaired) electrons. The van der Waals surface area contributed by atoms with Crippen LogP contribution in [0.1, 0.15) is 11.1 Å². The smallest absolute Gasteiger partial charge is 0.269 e. The standard InChI is InChI=1S/C16H14ClN3O3S/c17-14-3-1-2-13(8-14)10-24-11-16(21)19-18-9-12-4-6-15(7-5-12)20(22)23/h1-9H,10-11H2,(H,19,21)/b18-9-. The van der Waals surface area contributed by atoms with Crippen molar-refractivity contribution in [2.24, 2.45) is 5.10 Å². The summed E-state index contributed by atoms with van der Waals surface area (Å²) in [4.78, 5) is 21.7. The van der Waals surface area contributed by atoms with Crippen molar-refractivity contribution in [2.75, 3.05) is 5.75 Å². The summed E-state index contributed by atoms with van der Waals surface area (Å²) in [5.74, 6) is 0.727. The van der Waals surface area contributed by atoms with Crippen LogP contribution in [0.25, 0.3) is 0 Å². The fraction of sp³-hybridized carbons (Fsp3) is 0.125. The first kappa shape index (κ1) is 18.0. The Balaban J connectivity index is 1.73. The lowest BCUT2D eigenvalue weighted by atomic mass is 10.2. The van der Waals surface area contributed by atoms with Gasteiger partial charge in [0.05, 0.1) is 16.9 Å². The van der Waals surface area contributed by atoms with E-state index in [-0.39, 0.29) is 17.3 Å². The number of amides is 1. The number of thioether (sulfide) groups is 1. The Hall–Kier alpha value is -2.38. The summed E-state index contributed by atoms with van der Waals surface area (Å²) < 4.78 is 0. The molecule has 0 saturated carbocycles. The third kappa shape index (κ3) is 6.02. The molecule has 6 nitrogen and oxygen atoms in total. The fourth-order valence-electron chi connectivity index (χ4n) is 1.78. The average molecular weight is 364 g/mol. The first-order chi connectivity index (χ1) is 11.5. The first-order valence-electron chi connectivity index (χ1n) is 6.93. The predicted octanol–water partition coefficient (Wildman–Crippen LogP) is 3.63. The number of non-ortho nitro benzene ring substituents is 1. The maximum atomic E-state index is 11.7. The molecule has 0 atom stereocenters. The summed E-state index contributed by atoms with van der Waals surface area (Å²) in [6, 6.07) is 13.3. The van der Waals surface area contributed by atoms with E-state index in [0.29, 0.717) is 16.3 Å². The van der Waals surface area contributed by atoms with Gasteiger partial charge in [0.15, 0.2) is 0 Å². The van der Waals surface area contributed by atoms with Crippen LogP contribution in [0.2, 0.25) is 5.02 Å². The Kier molecular flexibility index (Phi) is 6.77. The molecule has 0 saturated heterocycles. The van der Waals surface area contributed by atoms with E-state index in [9.17, 15) is 14.9 Å². The van der Waals surface area contributed by atoms with Crippen LogP contribution in [0.3, 0.4) is 0 Å². The van der Waals surface area contributed by atoms with Gasteiger partial charge in [0, 0.05) is 22.9 Å². The normalized spacial score (nSPS) is 10.7. The van der Waals surface area contributed by atoms with E-state index in [0.717, 1.165) is 5.56 Å². The van der Waals surface area contributed by atoms with Gasteiger partial charge >= 0.3 is 0 Å². The van der Waals surface area contributed by atoms with Gasteiger partial charge < -0.3 is 0 Å². The molecule has 0 aliphatic rings. The van der Waals surface area contributed by atoms with Gasteiger partial charge in [0.1, 0.15) is 0 Å². The van der Waals surface area contributed by atoms with Crippen molar-refractivity contribution in [3.8, 4) is 0 Å². The number of rotatable bonds is 7. The maximum absolute atomic E-state index is 11.7. The Morgan fingerprint density at radius 2 is 2.04 bits per heavy atom. The van der Waals surface area contributed by atoms with Crippen molar-refractivity contribution in [1.82, 2.24) is 5.43 Å². The molecule has 0 aliphatic carbocycles. The van der Waals surface area contributed by atoms with Crippen LogP contribution in [-0.2, 0) is 10.5 Å². The second-order valence-corrected chi connectivity index (χ2v) is 6.19. The van der Waals surface area contributed by atoms with Gasteiger partial charge in [0.25, 0.3) is 5.69 Å². The molecule has 1 N–H and O–H groups in total. The van der Waals surface area contributed by atoms with Crippen LogP contribution in [0.5, 0.6) is 0 Å². The highest BCUT2D eigenvalue weighted by atomic mass is 35.5. The van der Waals surface area contributed by atoms with Gasteiger partial charge in [0.2, 0.25) is 5.91 Å². The Bertz CT molecular complexity index is 750. The lowest BCUT2D eigenvalue weighted by Gasteiger charge is -2.02. The summed E-state index contributed by atoms with van der Waals surface area (Å²) in [6.45, 7) is 0. The summed E-state index contributed by atoms with van der Waals surface area (Å²) in [7, 11) is 0. The highest BCUT2D eigenvalue weighted by Gasteiger charge is 2.03. The number of nitrogens with one attached hydrogen (secondary N) is 1. The number of hydrogen-bond donors (Lipinski definition) is 1. The zero-order valence-corrected chi connectivity index (χ0v) is 14.1. The summed E-state index contributed by atoms with van der Waals surface area (Å²) in [5.41, 5.74) is 4.13. The zero-order chi connectivity index (χ0) is 17.4. The van der Waals surface area contributed by atoms with Gasteiger partial charge in [-0.3, -0.25) is 14.9 Å². The monoisotopic (exact) mass is 363 g/mol. The highest BCUT2D eigenvalue weighted by molar-refractivity contribution is 7.99. The molecule has 0 aromatic heterocycles. The molecule has 24 heavy (non-hydrogen) atoms. The molecule has 2 aromatic rings. The average Bonchev–Trinajstić information content (AvgIpc) is 2.55. The molecule has 0 bridgehead atoms. The number of carbonyl (C=O) groups excluding carboxylic acids is 1. The third-order valence-corrected chi connectivity index (χ3v) is 4.14. The number of carbonyl (C=O) groups is 1. The number of hydrogen-bond acceptors (Lipinski definition) is 5. The summed E-state index contributed by atoms with van der Waals surface area (Å²) in [5, 5.41) is 15.0. The van der Waals surface area contributed by atoms with E-state index >= 15 is 0 Å². The number of nitro benzene ring substituents is 1. The van der Waals surface area contributed by atoms with Gasteiger partial charge in [-0.1, -0.05) is 23.7 Å². The molecular formula is C16H14ClN3O3S. The van der Waals surface area contributed by atoms with Crippen LogP contribution in [0.15, 0.2) is 53.6 Å². The summed E-state index contributed by atoms with van der Waals surface area (Å²) >= 11 is 7.35. The lowest BCUT2D eigenvalue weighted by molar-refractivity contribution is -0.384. The van der Waals surface area contributed by atoms with Crippen molar-refractivity contribution < 1.29 is 9.72 Å². The number of hydrazone groups is 1. The minimum absolute atomic E-state index is 0.00796. The molecule has 0 spiro atoms. The van der Waals surface area contributed by atoms with E-state index in [4.69, 9.17) is 11.6 Å². The van der Waals surface area contributed by atoms with Crippen molar-refractivity contribution >= 4 is 41.2 Å². The van der Waals surface area contributed by atoms with Crippen LogP contribution in [0.4, 0.5) is 5.69 Å². The largest absolute Gasteiger partial charge is 0.272 e. The molecular weight excluding hydrogens is 350 g/mol. The SMILES string of the molecule is O=C(CSCc1cccc(Cl)c1)N/N=C\c1ccc([N+](=O)[O-])cc1. The Labute approximate surface area is 148 Å². The Morgan fingerprint density at radius 1 is 1.29 bits per heavy atom. The van der Waals surface area contributed by atoms with Crippen LogP contribution in [-0.4, -0.2) is 22.8 Å². The van der Waals surface area contributed by atoms with E-state index in [1.54, 1.807) is 18.2 Å². The number of nitro groups is 1. The van der Waals surface area contributed by atoms with Crippen LogP contribution >= 0.6 is 23.4 Å². The van der Waals surface area contributed by atoms with Gasteiger partial charge in [-0.2, -0.15) is 5.10 Å². The van der Waals surface area contributed by atoms with Crippen LogP contribution < -0.4 is 5.43 Å². The first-order valence-corrected chi connectivity index (χ1v) is 8.46. The molecule has 1 amide bonds. The molecule has 0 aliphatic heterocycles. The molecule has 0 heterocycles. The van der Waals surface area contributed by atoms with E-state index in [1.807, 2.05) is 18.2 Å². The van der Waals surface area contributed by atoms with E-state index in [1.165, 1.54) is 30.1 Å². The lowest BCUT2D eigenvalue weighted by Crippen LogP contribution is -2.19. The fourth-order valence-corrected chi connectivity index (χ4v) is 2.76. The number of benzene rings is 2. The zero-order valence-electron chi connectivity index (χ0n) is 12.5. The maximum Gasteiger partial charge on any atom is 0.269 e. The topological polar surface area (TPSA) is 84.6 Å². The minimum atomic E-state index is -0.472. The molecule has 0 unspecified atom stereocenters. The minimum Gasteiger partial charge on any atom is -0.272 e. The van der Waals surface area contributed by atoms with Gasteiger partial charge in [-0.05, 0) is 35.4 Å². The van der Waals surface area contributed by atoms with Crippen molar-refractivity contribution in [2.45, 2.75) is 5.75 Å². The van der Waals surface area contributed by atoms with E-state index < -0.39 is 4.92 Å². The van der Waals surface area contributed by atoms with Gasteiger partial charge in [-0.25, -0.2) is 5.43 Å². The van der Waals surface area contributed by atoms with Crippen molar-refractivity contribution in [3.05, 3.63) is 74.8 Å². The number of halogens is 1.